The Balaban J connectivity index is 2.09. The summed E-state index contributed by atoms with van der Waals surface area (Å²) in [6.07, 6.45) is 7.70. The van der Waals surface area contributed by atoms with E-state index in [2.05, 4.69) is 12.3 Å². The van der Waals surface area contributed by atoms with Crippen molar-refractivity contribution in [1.29, 1.82) is 0 Å². The largest absolute Gasteiger partial charge is 0.378 e. The van der Waals surface area contributed by atoms with Crippen molar-refractivity contribution in [2.45, 2.75) is 57.6 Å². The molecule has 3 heteroatoms. The molecular formula is C10H22N2O. The normalized spacial score (nSPS) is 25.8. The Bertz CT molecular complexity index is 120. The summed E-state index contributed by atoms with van der Waals surface area (Å²) in [4.78, 5) is 0. The predicted octanol–water partition coefficient (Wildman–Crippen LogP) is 1.58. The predicted molar refractivity (Wildman–Crippen MR) is 54.2 cm³/mol. The van der Waals surface area contributed by atoms with E-state index in [9.17, 15) is 0 Å². The molecule has 0 aliphatic carbocycles. The van der Waals surface area contributed by atoms with Crippen LogP contribution in [0.2, 0.25) is 0 Å². The van der Waals surface area contributed by atoms with Crippen molar-refractivity contribution < 1.29 is 4.74 Å². The standard InChI is InChI=1S/C10H22N2O/c1-2-9(12-11)6-7-10-5-3-4-8-13-10/h9-10,12H,2-8,11H2,1H3. The number of hydrogen-bond donors (Lipinski definition) is 2. The lowest BCUT2D eigenvalue weighted by atomic mass is 10.0. The van der Waals surface area contributed by atoms with Crippen molar-refractivity contribution in [2.75, 3.05) is 6.61 Å². The maximum Gasteiger partial charge on any atom is 0.0575 e. The Morgan fingerprint density at radius 2 is 2.38 bits per heavy atom. The number of ether oxygens (including phenoxy) is 1. The van der Waals surface area contributed by atoms with Crippen LogP contribution in [0.4, 0.5) is 0 Å². The molecule has 2 unspecified atom stereocenters. The fourth-order valence-corrected chi connectivity index (χ4v) is 1.83. The van der Waals surface area contributed by atoms with E-state index >= 15 is 0 Å². The van der Waals surface area contributed by atoms with E-state index in [0.29, 0.717) is 12.1 Å². The average molecular weight is 186 g/mol. The van der Waals surface area contributed by atoms with E-state index in [4.69, 9.17) is 10.6 Å². The van der Waals surface area contributed by atoms with Gasteiger partial charge in [0.15, 0.2) is 0 Å². The highest BCUT2D eigenvalue weighted by atomic mass is 16.5. The summed E-state index contributed by atoms with van der Waals surface area (Å²) in [7, 11) is 0. The van der Waals surface area contributed by atoms with Gasteiger partial charge in [0.1, 0.15) is 0 Å². The van der Waals surface area contributed by atoms with Crippen LogP contribution in [0.1, 0.15) is 45.4 Å². The molecule has 13 heavy (non-hydrogen) atoms. The van der Waals surface area contributed by atoms with Crippen molar-refractivity contribution in [2.24, 2.45) is 5.84 Å². The number of nitrogens with two attached hydrogens (primary N) is 1. The van der Waals surface area contributed by atoms with Crippen LogP contribution >= 0.6 is 0 Å². The third-order valence-corrected chi connectivity index (χ3v) is 2.84. The molecule has 1 aliphatic heterocycles. The van der Waals surface area contributed by atoms with Gasteiger partial charge >= 0.3 is 0 Å². The zero-order valence-corrected chi connectivity index (χ0v) is 8.59. The molecule has 0 spiro atoms. The molecule has 1 fully saturated rings. The van der Waals surface area contributed by atoms with Crippen LogP contribution < -0.4 is 11.3 Å². The van der Waals surface area contributed by atoms with Gasteiger partial charge in [-0.1, -0.05) is 6.92 Å². The first-order valence-electron chi connectivity index (χ1n) is 5.44. The first kappa shape index (κ1) is 11.0. The fourth-order valence-electron chi connectivity index (χ4n) is 1.83. The van der Waals surface area contributed by atoms with E-state index < -0.39 is 0 Å². The Morgan fingerprint density at radius 3 is 2.92 bits per heavy atom. The third-order valence-electron chi connectivity index (χ3n) is 2.84. The lowest BCUT2D eigenvalue weighted by molar-refractivity contribution is 0.00852. The minimum Gasteiger partial charge on any atom is -0.378 e. The van der Waals surface area contributed by atoms with Gasteiger partial charge in [0.05, 0.1) is 6.10 Å². The molecule has 1 saturated heterocycles. The summed E-state index contributed by atoms with van der Waals surface area (Å²) < 4.78 is 5.65. The number of hydrazine groups is 1. The van der Waals surface area contributed by atoms with Crippen LogP contribution in [-0.2, 0) is 4.74 Å². The summed E-state index contributed by atoms with van der Waals surface area (Å²) in [6, 6.07) is 0.463. The molecule has 3 nitrogen and oxygen atoms in total. The lowest BCUT2D eigenvalue weighted by Crippen LogP contribution is -2.35. The second-order valence-corrected chi connectivity index (χ2v) is 3.84. The van der Waals surface area contributed by atoms with Gasteiger partial charge < -0.3 is 4.74 Å². The van der Waals surface area contributed by atoms with Gasteiger partial charge in [-0.05, 0) is 38.5 Å². The summed E-state index contributed by atoms with van der Waals surface area (Å²) in [5.41, 5.74) is 2.84. The molecule has 1 heterocycles. The fraction of sp³-hybridized carbons (Fsp3) is 1.00. The number of rotatable bonds is 5. The van der Waals surface area contributed by atoms with Crippen molar-refractivity contribution >= 4 is 0 Å². The Morgan fingerprint density at radius 1 is 1.54 bits per heavy atom. The van der Waals surface area contributed by atoms with E-state index in [1.54, 1.807) is 0 Å². The Hall–Kier alpha value is -0.120. The molecule has 1 rings (SSSR count). The maximum atomic E-state index is 5.65. The van der Waals surface area contributed by atoms with Crippen molar-refractivity contribution in [3.63, 3.8) is 0 Å². The van der Waals surface area contributed by atoms with Crippen LogP contribution in [0.25, 0.3) is 0 Å². The van der Waals surface area contributed by atoms with Gasteiger partial charge in [0, 0.05) is 12.6 Å². The van der Waals surface area contributed by atoms with Gasteiger partial charge in [-0.3, -0.25) is 11.3 Å². The maximum absolute atomic E-state index is 5.65. The van der Waals surface area contributed by atoms with Crippen LogP contribution in [0, 0.1) is 0 Å². The van der Waals surface area contributed by atoms with E-state index in [1.165, 1.54) is 19.3 Å². The highest BCUT2D eigenvalue weighted by Gasteiger charge is 2.15. The Kier molecular flexibility index (Phi) is 5.35. The van der Waals surface area contributed by atoms with Crippen LogP contribution in [0.15, 0.2) is 0 Å². The first-order chi connectivity index (χ1) is 6.36. The lowest BCUT2D eigenvalue weighted by Gasteiger charge is -2.24. The molecule has 0 amide bonds. The zero-order valence-electron chi connectivity index (χ0n) is 8.59. The molecule has 0 bridgehead atoms. The van der Waals surface area contributed by atoms with Gasteiger partial charge in [-0.2, -0.15) is 0 Å². The van der Waals surface area contributed by atoms with Crippen molar-refractivity contribution in [3.8, 4) is 0 Å². The first-order valence-corrected chi connectivity index (χ1v) is 5.44. The molecule has 2 atom stereocenters. The molecule has 0 aromatic heterocycles. The minimum absolute atomic E-state index is 0.463. The molecule has 3 N–H and O–H groups in total. The molecule has 0 radical (unpaired) electrons. The Labute approximate surface area is 81.0 Å². The quantitative estimate of drug-likeness (QED) is 0.506. The summed E-state index contributed by atoms with van der Waals surface area (Å²) in [6.45, 7) is 3.11. The van der Waals surface area contributed by atoms with Crippen LogP contribution in [0.3, 0.4) is 0 Å². The van der Waals surface area contributed by atoms with Gasteiger partial charge in [-0.15, -0.1) is 0 Å². The molecule has 1 aliphatic rings. The monoisotopic (exact) mass is 186 g/mol. The smallest absolute Gasteiger partial charge is 0.0575 e. The zero-order chi connectivity index (χ0) is 9.52. The summed E-state index contributed by atoms with van der Waals surface area (Å²) in [5.74, 6) is 5.41. The van der Waals surface area contributed by atoms with Crippen LogP contribution in [0.5, 0.6) is 0 Å². The van der Waals surface area contributed by atoms with Crippen molar-refractivity contribution in [1.82, 2.24) is 5.43 Å². The number of hydrogen-bond acceptors (Lipinski definition) is 3. The third kappa shape index (κ3) is 4.07. The van der Waals surface area contributed by atoms with Gasteiger partial charge in [-0.25, -0.2) is 0 Å². The summed E-state index contributed by atoms with van der Waals surface area (Å²) in [5, 5.41) is 0. The van der Waals surface area contributed by atoms with Gasteiger partial charge in [0.25, 0.3) is 0 Å². The topological polar surface area (TPSA) is 47.3 Å². The molecule has 0 aromatic rings. The highest BCUT2D eigenvalue weighted by molar-refractivity contribution is 4.68. The minimum atomic E-state index is 0.463. The highest BCUT2D eigenvalue weighted by Crippen LogP contribution is 2.18. The number of nitrogens with one attached hydrogen (secondary N) is 1. The van der Waals surface area contributed by atoms with Crippen LogP contribution in [-0.4, -0.2) is 18.8 Å². The molecule has 0 saturated carbocycles. The molecule has 78 valence electrons. The second-order valence-electron chi connectivity index (χ2n) is 3.84. The SMILES string of the molecule is CCC(CCC1CCCCO1)NN. The second kappa shape index (κ2) is 6.35. The average Bonchev–Trinajstić information content (AvgIpc) is 2.21. The van der Waals surface area contributed by atoms with E-state index in [1.807, 2.05) is 0 Å². The van der Waals surface area contributed by atoms with E-state index in [-0.39, 0.29) is 0 Å². The van der Waals surface area contributed by atoms with Gasteiger partial charge in [0.2, 0.25) is 0 Å². The summed E-state index contributed by atoms with van der Waals surface area (Å²) >= 11 is 0. The molecule has 0 aromatic carbocycles. The van der Waals surface area contributed by atoms with E-state index in [0.717, 1.165) is 25.9 Å². The van der Waals surface area contributed by atoms with Crippen molar-refractivity contribution in [3.05, 3.63) is 0 Å². The molecular weight excluding hydrogens is 164 g/mol.